The number of hydrogen-bond acceptors (Lipinski definition) is 3. The molecular formula is C19H23ClN4O. The molecule has 6 heteroatoms. The Kier molecular flexibility index (Phi) is 4.29. The highest BCUT2D eigenvalue weighted by Gasteiger charge is 2.39. The van der Waals surface area contributed by atoms with Crippen LogP contribution in [0.25, 0.3) is 0 Å². The molecule has 1 N–H and O–H groups in total. The molecule has 0 unspecified atom stereocenters. The van der Waals surface area contributed by atoms with Crippen LogP contribution in [0.3, 0.4) is 0 Å². The average Bonchev–Trinajstić information content (AvgIpc) is 3.24. The molecule has 1 amide bonds. The van der Waals surface area contributed by atoms with Crippen LogP contribution in [-0.2, 0) is 6.54 Å². The normalized spacial score (nSPS) is 22.4. The summed E-state index contributed by atoms with van der Waals surface area (Å²) < 4.78 is 1.89. The number of amides is 1. The van der Waals surface area contributed by atoms with Crippen molar-refractivity contribution in [1.29, 1.82) is 0 Å². The van der Waals surface area contributed by atoms with Gasteiger partial charge < -0.3 is 10.2 Å². The van der Waals surface area contributed by atoms with Gasteiger partial charge in [0.15, 0.2) is 0 Å². The van der Waals surface area contributed by atoms with Gasteiger partial charge in [0.05, 0.1) is 17.8 Å². The van der Waals surface area contributed by atoms with E-state index in [1.54, 1.807) is 0 Å². The summed E-state index contributed by atoms with van der Waals surface area (Å²) in [7, 11) is 0. The van der Waals surface area contributed by atoms with Crippen molar-refractivity contribution < 1.29 is 4.79 Å². The van der Waals surface area contributed by atoms with Crippen LogP contribution in [0.15, 0.2) is 24.3 Å². The molecule has 0 saturated carbocycles. The van der Waals surface area contributed by atoms with Gasteiger partial charge in [-0.2, -0.15) is 5.10 Å². The van der Waals surface area contributed by atoms with Crippen LogP contribution in [0.1, 0.15) is 27.3 Å². The number of hydrogen-bond donors (Lipinski definition) is 1. The molecule has 2 saturated heterocycles. The first kappa shape index (κ1) is 16.6. The van der Waals surface area contributed by atoms with Crippen LogP contribution in [0, 0.1) is 25.7 Å². The van der Waals surface area contributed by atoms with Crippen LogP contribution in [0.4, 0.5) is 0 Å². The number of fused-ring (bicyclic) bond motifs is 1. The number of halogens is 1. The second-order valence-corrected chi connectivity index (χ2v) is 7.59. The van der Waals surface area contributed by atoms with Gasteiger partial charge in [0.2, 0.25) is 0 Å². The lowest BCUT2D eigenvalue weighted by Crippen LogP contribution is -2.32. The Hall–Kier alpha value is -1.85. The molecule has 4 rings (SSSR count). The summed E-state index contributed by atoms with van der Waals surface area (Å²) in [6, 6.07) is 7.76. The average molecular weight is 359 g/mol. The van der Waals surface area contributed by atoms with Crippen molar-refractivity contribution in [2.45, 2.75) is 20.4 Å². The Balaban J connectivity index is 1.58. The van der Waals surface area contributed by atoms with Crippen molar-refractivity contribution in [3.05, 3.63) is 51.8 Å². The summed E-state index contributed by atoms with van der Waals surface area (Å²) in [5.74, 6) is 1.32. The number of nitrogens with zero attached hydrogens (tertiary/aromatic N) is 3. The molecule has 2 aromatic rings. The molecule has 2 atom stereocenters. The first-order valence-electron chi connectivity index (χ1n) is 8.82. The van der Waals surface area contributed by atoms with Crippen LogP contribution >= 0.6 is 11.6 Å². The maximum atomic E-state index is 13.1. The molecule has 3 heterocycles. The van der Waals surface area contributed by atoms with Crippen molar-refractivity contribution >= 4 is 17.5 Å². The molecule has 2 aliphatic rings. The number of aryl methyl sites for hydroxylation is 1. The van der Waals surface area contributed by atoms with E-state index in [1.165, 1.54) is 0 Å². The third-order valence-electron chi connectivity index (χ3n) is 5.55. The molecule has 5 nitrogen and oxygen atoms in total. The van der Waals surface area contributed by atoms with E-state index >= 15 is 0 Å². The van der Waals surface area contributed by atoms with E-state index in [0.717, 1.165) is 53.7 Å². The predicted octanol–water partition coefficient (Wildman–Crippen LogP) is 2.49. The summed E-state index contributed by atoms with van der Waals surface area (Å²) in [4.78, 5) is 15.1. The van der Waals surface area contributed by atoms with E-state index in [9.17, 15) is 4.79 Å². The minimum Gasteiger partial charge on any atom is -0.338 e. The largest absolute Gasteiger partial charge is 0.338 e. The monoisotopic (exact) mass is 358 g/mol. The second kappa shape index (κ2) is 6.46. The quantitative estimate of drug-likeness (QED) is 0.917. The lowest BCUT2D eigenvalue weighted by atomic mass is 10.0. The number of benzene rings is 1. The maximum Gasteiger partial charge on any atom is 0.257 e. The van der Waals surface area contributed by atoms with Gasteiger partial charge in [0, 0.05) is 36.9 Å². The number of likely N-dealkylation sites (tertiary alicyclic amines) is 1. The summed E-state index contributed by atoms with van der Waals surface area (Å²) in [5.41, 5.74) is 3.47. The number of nitrogens with one attached hydrogen (secondary N) is 1. The minimum atomic E-state index is 0.120. The fraction of sp³-hybridized carbons (Fsp3) is 0.474. The summed E-state index contributed by atoms with van der Waals surface area (Å²) in [6.07, 6.45) is 0. The maximum absolute atomic E-state index is 13.1. The van der Waals surface area contributed by atoms with E-state index in [0.29, 0.717) is 18.4 Å². The topological polar surface area (TPSA) is 50.2 Å². The van der Waals surface area contributed by atoms with Gasteiger partial charge in [-0.1, -0.05) is 29.8 Å². The van der Waals surface area contributed by atoms with Crippen LogP contribution in [0.2, 0.25) is 5.02 Å². The zero-order valence-electron chi connectivity index (χ0n) is 14.6. The van der Waals surface area contributed by atoms with Crippen molar-refractivity contribution in [1.82, 2.24) is 20.0 Å². The van der Waals surface area contributed by atoms with E-state index in [4.69, 9.17) is 11.6 Å². The molecule has 1 aromatic carbocycles. The Morgan fingerprint density at radius 2 is 1.92 bits per heavy atom. The molecular weight excluding hydrogens is 336 g/mol. The molecule has 2 aliphatic heterocycles. The van der Waals surface area contributed by atoms with Crippen LogP contribution < -0.4 is 5.32 Å². The number of aromatic nitrogens is 2. The lowest BCUT2D eigenvalue weighted by molar-refractivity contribution is 0.0780. The summed E-state index contributed by atoms with van der Waals surface area (Å²) in [5, 5.41) is 8.75. The Labute approximate surface area is 153 Å². The molecule has 0 aliphatic carbocycles. The Bertz CT molecular complexity index is 804. The highest BCUT2D eigenvalue weighted by molar-refractivity contribution is 6.31. The van der Waals surface area contributed by atoms with E-state index < -0.39 is 0 Å². The first-order valence-corrected chi connectivity index (χ1v) is 9.19. The predicted molar refractivity (Wildman–Crippen MR) is 98.0 cm³/mol. The number of carbonyl (C=O) groups is 1. The van der Waals surface area contributed by atoms with Crippen LogP contribution in [0.5, 0.6) is 0 Å². The zero-order valence-corrected chi connectivity index (χ0v) is 15.4. The molecule has 132 valence electrons. The third kappa shape index (κ3) is 2.96. The number of rotatable bonds is 3. The molecule has 2 fully saturated rings. The van der Waals surface area contributed by atoms with Gasteiger partial charge >= 0.3 is 0 Å². The Morgan fingerprint density at radius 1 is 1.24 bits per heavy atom. The third-order valence-corrected chi connectivity index (χ3v) is 5.92. The molecule has 0 bridgehead atoms. The fourth-order valence-corrected chi connectivity index (χ4v) is 4.32. The molecule has 0 radical (unpaired) electrons. The van der Waals surface area contributed by atoms with Crippen molar-refractivity contribution in [3.63, 3.8) is 0 Å². The van der Waals surface area contributed by atoms with Gasteiger partial charge in [0.1, 0.15) is 0 Å². The summed E-state index contributed by atoms with van der Waals surface area (Å²) in [6.45, 7) is 8.23. The first-order chi connectivity index (χ1) is 12.0. The molecule has 0 spiro atoms. The van der Waals surface area contributed by atoms with Crippen molar-refractivity contribution in [2.24, 2.45) is 11.8 Å². The van der Waals surface area contributed by atoms with E-state index in [1.807, 2.05) is 47.7 Å². The van der Waals surface area contributed by atoms with Gasteiger partial charge in [-0.3, -0.25) is 9.48 Å². The highest BCUT2D eigenvalue weighted by atomic mass is 35.5. The van der Waals surface area contributed by atoms with E-state index in [2.05, 4.69) is 10.4 Å². The van der Waals surface area contributed by atoms with Crippen molar-refractivity contribution in [2.75, 3.05) is 26.2 Å². The van der Waals surface area contributed by atoms with Gasteiger partial charge in [-0.05, 0) is 37.3 Å². The number of carbonyl (C=O) groups excluding carboxylic acids is 1. The smallest absolute Gasteiger partial charge is 0.257 e. The highest BCUT2D eigenvalue weighted by Crippen LogP contribution is 2.29. The van der Waals surface area contributed by atoms with Crippen LogP contribution in [-0.4, -0.2) is 46.8 Å². The van der Waals surface area contributed by atoms with Gasteiger partial charge in [-0.15, -0.1) is 0 Å². The second-order valence-electron chi connectivity index (χ2n) is 7.18. The fourth-order valence-electron chi connectivity index (χ4n) is 4.13. The van der Waals surface area contributed by atoms with Crippen molar-refractivity contribution in [3.8, 4) is 0 Å². The Morgan fingerprint density at radius 3 is 2.60 bits per heavy atom. The molecule has 1 aromatic heterocycles. The lowest BCUT2D eigenvalue weighted by Gasteiger charge is -2.18. The van der Waals surface area contributed by atoms with E-state index in [-0.39, 0.29) is 5.91 Å². The SMILES string of the molecule is Cc1nn(Cc2ccccc2Cl)c(C)c1C(=O)N1C[C@H]2CNC[C@H]2C1. The summed E-state index contributed by atoms with van der Waals surface area (Å²) >= 11 is 6.27. The minimum absolute atomic E-state index is 0.120. The zero-order chi connectivity index (χ0) is 17.6. The van der Waals surface area contributed by atoms with Gasteiger partial charge in [-0.25, -0.2) is 0 Å². The standard InChI is InChI=1S/C19H23ClN4O/c1-12-18(19(25)23-9-15-7-21-8-16(15)10-23)13(2)24(22-12)11-14-5-3-4-6-17(14)20/h3-6,15-16,21H,7-11H2,1-2H3/t15-,16+. The molecule has 25 heavy (non-hydrogen) atoms. The van der Waals surface area contributed by atoms with Gasteiger partial charge in [0.25, 0.3) is 5.91 Å².